The Hall–Kier alpha value is -1.55. The molecule has 18 heavy (non-hydrogen) atoms. The molecule has 1 atom stereocenters. The van der Waals surface area contributed by atoms with Crippen molar-refractivity contribution in [1.82, 2.24) is 0 Å². The van der Waals surface area contributed by atoms with Gasteiger partial charge in [0, 0.05) is 18.0 Å². The summed E-state index contributed by atoms with van der Waals surface area (Å²) in [5.74, 6) is -0.0253. The summed E-state index contributed by atoms with van der Waals surface area (Å²) in [6.45, 7) is 6.51. The molecule has 0 saturated heterocycles. The third kappa shape index (κ3) is 3.47. The molecule has 0 radical (unpaired) electrons. The zero-order valence-electron chi connectivity index (χ0n) is 11.2. The highest BCUT2D eigenvalue weighted by Gasteiger charge is 2.16. The molecule has 1 aromatic carbocycles. The first kappa shape index (κ1) is 14.5. The van der Waals surface area contributed by atoms with E-state index in [1.807, 2.05) is 32.9 Å². The van der Waals surface area contributed by atoms with Gasteiger partial charge in [-0.2, -0.15) is 0 Å². The molecule has 0 bridgehead atoms. The van der Waals surface area contributed by atoms with Gasteiger partial charge >= 0.3 is 5.97 Å². The third-order valence-electron chi connectivity index (χ3n) is 3.06. The van der Waals surface area contributed by atoms with Crippen LogP contribution in [0.5, 0.6) is 5.75 Å². The number of nitrogens with two attached hydrogens (primary N) is 1. The minimum absolute atomic E-state index is 0.0691. The average molecular weight is 251 g/mol. The zero-order valence-corrected chi connectivity index (χ0v) is 11.2. The highest BCUT2D eigenvalue weighted by Crippen LogP contribution is 2.31. The fraction of sp³-hybridized carbons (Fsp3) is 0.500. The summed E-state index contributed by atoms with van der Waals surface area (Å²) in [6, 6.07) is 3.62. The van der Waals surface area contributed by atoms with E-state index in [-0.39, 0.29) is 12.5 Å². The number of hydrogen-bond donors (Lipinski definition) is 2. The van der Waals surface area contributed by atoms with Crippen molar-refractivity contribution >= 4 is 5.97 Å². The lowest BCUT2D eigenvalue weighted by atomic mass is 9.97. The van der Waals surface area contributed by atoms with E-state index in [1.165, 1.54) is 0 Å². The molecule has 100 valence electrons. The number of benzene rings is 1. The highest BCUT2D eigenvalue weighted by atomic mass is 16.5. The van der Waals surface area contributed by atoms with Gasteiger partial charge in [-0.25, -0.2) is 0 Å². The van der Waals surface area contributed by atoms with E-state index in [9.17, 15) is 4.79 Å². The van der Waals surface area contributed by atoms with E-state index in [4.69, 9.17) is 15.6 Å². The first-order valence-corrected chi connectivity index (χ1v) is 6.17. The molecule has 1 unspecified atom stereocenters. The van der Waals surface area contributed by atoms with Crippen LogP contribution in [0.15, 0.2) is 12.1 Å². The number of hydrogen-bond acceptors (Lipinski definition) is 3. The van der Waals surface area contributed by atoms with Gasteiger partial charge in [0.2, 0.25) is 0 Å². The molecule has 0 saturated carbocycles. The van der Waals surface area contributed by atoms with E-state index in [0.717, 1.165) is 22.4 Å². The van der Waals surface area contributed by atoms with Crippen LogP contribution >= 0.6 is 0 Å². The van der Waals surface area contributed by atoms with Crippen LogP contribution in [0.1, 0.15) is 42.5 Å². The molecule has 1 aromatic rings. The van der Waals surface area contributed by atoms with Crippen molar-refractivity contribution < 1.29 is 14.6 Å². The Morgan fingerprint density at radius 2 is 2.11 bits per heavy atom. The fourth-order valence-corrected chi connectivity index (χ4v) is 1.87. The second-order valence-electron chi connectivity index (χ2n) is 4.40. The van der Waals surface area contributed by atoms with E-state index >= 15 is 0 Å². The van der Waals surface area contributed by atoms with Crippen molar-refractivity contribution in [2.45, 2.75) is 39.7 Å². The summed E-state index contributed by atoms with van der Waals surface area (Å²) in [5, 5.41) is 8.69. The molecule has 0 aliphatic heterocycles. The first-order valence-electron chi connectivity index (χ1n) is 6.17. The summed E-state index contributed by atoms with van der Waals surface area (Å²) < 4.78 is 5.65. The predicted molar refractivity (Wildman–Crippen MR) is 70.9 cm³/mol. The largest absolute Gasteiger partial charge is 0.493 e. The standard InChI is InChI=1S/C14H21NO3/c1-4-18-14-10(3)9(2)5-6-11(14)12(15)7-8-13(16)17/h5-6,12H,4,7-8,15H2,1-3H3,(H,16,17). The van der Waals surface area contributed by atoms with Crippen LogP contribution < -0.4 is 10.5 Å². The Morgan fingerprint density at radius 1 is 1.44 bits per heavy atom. The minimum atomic E-state index is -0.827. The number of aryl methyl sites for hydroxylation is 1. The number of rotatable bonds is 6. The van der Waals surface area contributed by atoms with E-state index in [0.29, 0.717) is 13.0 Å². The van der Waals surface area contributed by atoms with Gasteiger partial charge in [-0.3, -0.25) is 4.79 Å². The monoisotopic (exact) mass is 251 g/mol. The first-order chi connectivity index (χ1) is 8.47. The van der Waals surface area contributed by atoms with Crippen LogP contribution in [-0.2, 0) is 4.79 Å². The maximum atomic E-state index is 10.6. The topological polar surface area (TPSA) is 72.5 Å². The van der Waals surface area contributed by atoms with Gasteiger partial charge in [0.25, 0.3) is 0 Å². The number of aliphatic carboxylic acids is 1. The van der Waals surface area contributed by atoms with Gasteiger partial charge in [0.1, 0.15) is 5.75 Å². The lowest BCUT2D eigenvalue weighted by molar-refractivity contribution is -0.137. The van der Waals surface area contributed by atoms with Crippen molar-refractivity contribution in [2.24, 2.45) is 5.73 Å². The maximum absolute atomic E-state index is 10.6. The Labute approximate surface area is 108 Å². The van der Waals surface area contributed by atoms with Crippen molar-refractivity contribution in [3.8, 4) is 5.75 Å². The Kier molecular flexibility index (Phi) is 5.16. The fourth-order valence-electron chi connectivity index (χ4n) is 1.87. The molecule has 0 amide bonds. The molecule has 4 heteroatoms. The summed E-state index contributed by atoms with van der Waals surface area (Å²) in [4.78, 5) is 10.6. The minimum Gasteiger partial charge on any atom is -0.493 e. The van der Waals surface area contributed by atoms with Crippen LogP contribution in [0.25, 0.3) is 0 Å². The average Bonchev–Trinajstić information content (AvgIpc) is 2.32. The predicted octanol–water partition coefficient (Wildman–Crippen LogP) is 2.57. The molecule has 1 rings (SSSR count). The van der Waals surface area contributed by atoms with Gasteiger partial charge in [-0.05, 0) is 38.3 Å². The van der Waals surface area contributed by atoms with Crippen molar-refractivity contribution in [1.29, 1.82) is 0 Å². The molecule has 4 nitrogen and oxygen atoms in total. The van der Waals surface area contributed by atoms with Crippen LogP contribution in [0.4, 0.5) is 0 Å². The molecular weight excluding hydrogens is 230 g/mol. The molecule has 0 aliphatic carbocycles. The smallest absolute Gasteiger partial charge is 0.303 e. The molecule has 0 aliphatic rings. The molecule has 0 spiro atoms. The lowest BCUT2D eigenvalue weighted by Crippen LogP contribution is -2.14. The van der Waals surface area contributed by atoms with E-state index in [1.54, 1.807) is 0 Å². The molecule has 0 fully saturated rings. The van der Waals surface area contributed by atoms with Crippen molar-refractivity contribution in [3.05, 3.63) is 28.8 Å². The Bertz CT molecular complexity index is 429. The van der Waals surface area contributed by atoms with E-state index < -0.39 is 5.97 Å². The third-order valence-corrected chi connectivity index (χ3v) is 3.06. The maximum Gasteiger partial charge on any atom is 0.303 e. The lowest BCUT2D eigenvalue weighted by Gasteiger charge is -2.19. The van der Waals surface area contributed by atoms with Gasteiger partial charge in [-0.1, -0.05) is 12.1 Å². The second-order valence-corrected chi connectivity index (χ2v) is 4.40. The number of carbonyl (C=O) groups is 1. The SMILES string of the molecule is CCOc1c(C(N)CCC(=O)O)ccc(C)c1C. The Morgan fingerprint density at radius 3 is 2.67 bits per heavy atom. The number of ether oxygens (including phenoxy) is 1. The zero-order chi connectivity index (χ0) is 13.7. The van der Waals surface area contributed by atoms with Crippen molar-refractivity contribution in [2.75, 3.05) is 6.61 Å². The van der Waals surface area contributed by atoms with Gasteiger partial charge < -0.3 is 15.6 Å². The summed E-state index contributed by atoms with van der Waals surface area (Å²) in [6.07, 6.45) is 0.484. The van der Waals surface area contributed by atoms with Gasteiger partial charge in [-0.15, -0.1) is 0 Å². The summed E-state index contributed by atoms with van der Waals surface area (Å²) in [5.41, 5.74) is 9.16. The second kappa shape index (κ2) is 6.40. The molecule has 3 N–H and O–H groups in total. The number of carboxylic acid groups (broad SMARTS) is 1. The van der Waals surface area contributed by atoms with Gasteiger partial charge in [0.05, 0.1) is 6.61 Å². The summed E-state index contributed by atoms with van der Waals surface area (Å²) in [7, 11) is 0. The van der Waals surface area contributed by atoms with Crippen LogP contribution in [0.3, 0.4) is 0 Å². The highest BCUT2D eigenvalue weighted by molar-refractivity contribution is 5.66. The van der Waals surface area contributed by atoms with Crippen molar-refractivity contribution in [3.63, 3.8) is 0 Å². The normalized spacial score (nSPS) is 12.2. The molecular formula is C14H21NO3. The Balaban J connectivity index is 2.99. The number of carboxylic acids is 1. The quantitative estimate of drug-likeness (QED) is 0.815. The van der Waals surface area contributed by atoms with Crippen LogP contribution in [0.2, 0.25) is 0 Å². The van der Waals surface area contributed by atoms with Crippen LogP contribution in [-0.4, -0.2) is 17.7 Å². The summed E-state index contributed by atoms with van der Waals surface area (Å²) >= 11 is 0. The van der Waals surface area contributed by atoms with Crippen LogP contribution in [0, 0.1) is 13.8 Å². The molecule has 0 aromatic heterocycles. The van der Waals surface area contributed by atoms with Gasteiger partial charge in [0.15, 0.2) is 0 Å². The van der Waals surface area contributed by atoms with E-state index in [2.05, 4.69) is 0 Å². The molecule has 0 heterocycles.